The summed E-state index contributed by atoms with van der Waals surface area (Å²) in [6.45, 7) is 3.51. The van der Waals surface area contributed by atoms with Gasteiger partial charge in [-0.05, 0) is 41.5 Å². The first-order valence-corrected chi connectivity index (χ1v) is 9.14. The van der Waals surface area contributed by atoms with Crippen LogP contribution in [0, 0.1) is 0 Å². The maximum atomic E-state index is 12.2. The van der Waals surface area contributed by atoms with E-state index in [-0.39, 0.29) is 5.91 Å². The third kappa shape index (κ3) is 5.47. The lowest BCUT2D eigenvalue weighted by Crippen LogP contribution is -2.36. The molecule has 0 unspecified atom stereocenters. The van der Waals surface area contributed by atoms with Crippen molar-refractivity contribution >= 4 is 17.8 Å². The fourth-order valence-corrected chi connectivity index (χ4v) is 2.88. The molecule has 7 heteroatoms. The monoisotopic (exact) mass is 383 g/mol. The number of carbonyl (C=O) groups excluding carboxylic acids is 1. The van der Waals surface area contributed by atoms with Crippen LogP contribution in [0.1, 0.15) is 11.1 Å². The van der Waals surface area contributed by atoms with E-state index in [1.165, 1.54) is 6.08 Å². The average molecular weight is 383 g/mol. The van der Waals surface area contributed by atoms with Crippen LogP contribution < -0.4 is 19.7 Å². The fourth-order valence-electron chi connectivity index (χ4n) is 2.88. The van der Waals surface area contributed by atoms with Crippen LogP contribution in [0.25, 0.3) is 6.08 Å². The highest BCUT2D eigenvalue weighted by Crippen LogP contribution is 2.23. The molecule has 1 aliphatic heterocycles. The van der Waals surface area contributed by atoms with Crippen molar-refractivity contribution in [2.75, 3.05) is 45.4 Å². The molecule has 0 aliphatic carbocycles. The summed E-state index contributed by atoms with van der Waals surface area (Å²) >= 11 is 0. The molecule has 0 spiro atoms. The van der Waals surface area contributed by atoms with Crippen LogP contribution in [-0.2, 0) is 16.1 Å². The van der Waals surface area contributed by atoms with Gasteiger partial charge in [0.25, 0.3) is 0 Å². The summed E-state index contributed by atoms with van der Waals surface area (Å²) in [5.74, 6) is 2.08. The number of hydrogen-bond donors (Lipinski definition) is 1. The number of anilines is 1. The summed E-state index contributed by atoms with van der Waals surface area (Å²) in [6.07, 6.45) is 5.00. The number of hydrogen-bond acceptors (Lipinski definition) is 6. The van der Waals surface area contributed by atoms with Crippen LogP contribution >= 0.6 is 0 Å². The van der Waals surface area contributed by atoms with E-state index in [2.05, 4.69) is 15.2 Å². The molecule has 1 amide bonds. The number of methoxy groups -OCH3 is 2. The molecule has 0 saturated carbocycles. The van der Waals surface area contributed by atoms with E-state index in [4.69, 9.17) is 14.2 Å². The van der Waals surface area contributed by atoms with Crippen molar-refractivity contribution < 1.29 is 19.0 Å². The Kier molecular flexibility index (Phi) is 6.86. The van der Waals surface area contributed by atoms with E-state index < -0.39 is 0 Å². The predicted octanol–water partition coefficient (Wildman–Crippen LogP) is 2.27. The van der Waals surface area contributed by atoms with Gasteiger partial charge in [0.2, 0.25) is 5.91 Å². The van der Waals surface area contributed by atoms with E-state index >= 15 is 0 Å². The number of benzene rings is 1. The van der Waals surface area contributed by atoms with E-state index in [1.807, 2.05) is 24.3 Å². The highest BCUT2D eigenvalue weighted by Gasteiger charge is 2.12. The number of aromatic nitrogens is 1. The summed E-state index contributed by atoms with van der Waals surface area (Å²) in [4.78, 5) is 18.8. The first kappa shape index (κ1) is 19.7. The Bertz CT molecular complexity index is 810. The van der Waals surface area contributed by atoms with Crippen LogP contribution in [0.4, 0.5) is 5.82 Å². The Morgan fingerprint density at radius 2 is 1.89 bits per heavy atom. The fraction of sp³-hybridized carbons (Fsp3) is 0.333. The first-order chi connectivity index (χ1) is 13.7. The van der Waals surface area contributed by atoms with Crippen LogP contribution in [0.3, 0.4) is 0 Å². The van der Waals surface area contributed by atoms with Crippen molar-refractivity contribution in [3.8, 4) is 11.5 Å². The van der Waals surface area contributed by atoms with Crippen molar-refractivity contribution in [2.45, 2.75) is 6.54 Å². The van der Waals surface area contributed by atoms with Gasteiger partial charge in [-0.2, -0.15) is 0 Å². The van der Waals surface area contributed by atoms with Gasteiger partial charge in [-0.25, -0.2) is 4.98 Å². The van der Waals surface area contributed by atoms with Crippen molar-refractivity contribution in [3.05, 3.63) is 53.7 Å². The topological polar surface area (TPSA) is 72.9 Å². The average Bonchev–Trinajstić information content (AvgIpc) is 2.76. The minimum absolute atomic E-state index is 0.175. The summed E-state index contributed by atoms with van der Waals surface area (Å²) in [7, 11) is 3.18. The largest absolute Gasteiger partial charge is 0.497 e. The molecular formula is C21H25N3O4. The molecule has 0 atom stereocenters. The number of nitrogens with one attached hydrogen (secondary N) is 1. The molecule has 0 bridgehead atoms. The van der Waals surface area contributed by atoms with Crippen LogP contribution in [0.2, 0.25) is 0 Å². The smallest absolute Gasteiger partial charge is 0.244 e. The Morgan fingerprint density at radius 1 is 1.18 bits per heavy atom. The molecule has 1 N–H and O–H groups in total. The molecule has 2 aromatic rings. The van der Waals surface area contributed by atoms with Gasteiger partial charge in [-0.1, -0.05) is 0 Å². The molecule has 148 valence electrons. The highest BCUT2D eigenvalue weighted by molar-refractivity contribution is 5.91. The number of rotatable bonds is 7. The molecule has 1 fully saturated rings. The standard InChI is InChI=1S/C21H25N3O4/c1-26-18-11-16(12-19(14-18)27-2)3-4-21(25)23-15-17-5-6-22-20(13-17)24-7-9-28-10-8-24/h3-6,11-14H,7-10,15H2,1-2H3,(H,23,25)/b4-3+. The Balaban J connectivity index is 1.58. The Morgan fingerprint density at radius 3 is 2.57 bits per heavy atom. The molecule has 7 nitrogen and oxygen atoms in total. The second kappa shape index (κ2) is 9.75. The van der Waals surface area contributed by atoms with Crippen LogP contribution in [0.5, 0.6) is 11.5 Å². The molecule has 2 heterocycles. The zero-order valence-corrected chi connectivity index (χ0v) is 16.2. The minimum Gasteiger partial charge on any atom is -0.497 e. The number of amides is 1. The summed E-state index contributed by atoms with van der Waals surface area (Å²) in [6, 6.07) is 9.36. The van der Waals surface area contributed by atoms with Gasteiger partial charge in [0.05, 0.1) is 27.4 Å². The van der Waals surface area contributed by atoms with Gasteiger partial charge < -0.3 is 24.4 Å². The number of nitrogens with zero attached hydrogens (tertiary/aromatic N) is 2. The summed E-state index contributed by atoms with van der Waals surface area (Å²) in [5.41, 5.74) is 1.83. The van der Waals surface area contributed by atoms with Gasteiger partial charge in [0.1, 0.15) is 17.3 Å². The van der Waals surface area contributed by atoms with Gasteiger partial charge in [0, 0.05) is 38.0 Å². The minimum atomic E-state index is -0.175. The van der Waals surface area contributed by atoms with Crippen molar-refractivity contribution in [1.82, 2.24) is 10.3 Å². The normalized spacial score (nSPS) is 14.1. The van der Waals surface area contributed by atoms with Crippen LogP contribution in [0.15, 0.2) is 42.6 Å². The highest BCUT2D eigenvalue weighted by atomic mass is 16.5. The van der Waals surface area contributed by atoms with E-state index in [9.17, 15) is 4.79 Å². The number of carbonyl (C=O) groups is 1. The molecule has 1 aliphatic rings. The second-order valence-corrected chi connectivity index (χ2v) is 6.32. The molecule has 1 saturated heterocycles. The summed E-state index contributed by atoms with van der Waals surface area (Å²) < 4.78 is 15.9. The number of ether oxygens (including phenoxy) is 3. The van der Waals surface area contributed by atoms with Gasteiger partial charge >= 0.3 is 0 Å². The Hall–Kier alpha value is -3.06. The predicted molar refractivity (Wildman–Crippen MR) is 108 cm³/mol. The van der Waals surface area contributed by atoms with Crippen molar-refractivity contribution in [1.29, 1.82) is 0 Å². The van der Waals surface area contributed by atoms with E-state index in [0.717, 1.165) is 30.0 Å². The lowest BCUT2D eigenvalue weighted by Gasteiger charge is -2.28. The van der Waals surface area contributed by atoms with Crippen LogP contribution in [-0.4, -0.2) is 51.4 Å². The lowest BCUT2D eigenvalue weighted by atomic mass is 10.2. The first-order valence-electron chi connectivity index (χ1n) is 9.14. The molecule has 0 radical (unpaired) electrons. The maximum absolute atomic E-state index is 12.2. The SMILES string of the molecule is COc1cc(/C=C/C(=O)NCc2ccnc(N3CCOCC3)c2)cc(OC)c1. The van der Waals surface area contributed by atoms with E-state index in [1.54, 1.807) is 32.6 Å². The zero-order chi connectivity index (χ0) is 19.8. The summed E-state index contributed by atoms with van der Waals surface area (Å²) in [5, 5.41) is 2.90. The maximum Gasteiger partial charge on any atom is 0.244 e. The van der Waals surface area contributed by atoms with Gasteiger partial charge in [0.15, 0.2) is 0 Å². The van der Waals surface area contributed by atoms with E-state index in [0.29, 0.717) is 31.3 Å². The lowest BCUT2D eigenvalue weighted by molar-refractivity contribution is -0.116. The van der Waals surface area contributed by atoms with Crippen molar-refractivity contribution in [3.63, 3.8) is 0 Å². The van der Waals surface area contributed by atoms with Gasteiger partial charge in [-0.15, -0.1) is 0 Å². The Labute approximate surface area is 164 Å². The molecule has 3 rings (SSSR count). The molecule has 1 aromatic heterocycles. The molecular weight excluding hydrogens is 358 g/mol. The molecule has 28 heavy (non-hydrogen) atoms. The van der Waals surface area contributed by atoms with Crippen molar-refractivity contribution in [2.24, 2.45) is 0 Å². The quantitative estimate of drug-likeness (QED) is 0.740. The van der Waals surface area contributed by atoms with Gasteiger partial charge in [-0.3, -0.25) is 4.79 Å². The molecule has 1 aromatic carbocycles. The zero-order valence-electron chi connectivity index (χ0n) is 16.2. The third-order valence-corrected chi connectivity index (χ3v) is 4.41. The third-order valence-electron chi connectivity index (χ3n) is 4.41. The second-order valence-electron chi connectivity index (χ2n) is 6.32. The number of pyridine rings is 1. The number of morpholine rings is 1.